The molecule has 0 aliphatic heterocycles. The van der Waals surface area contributed by atoms with Crippen LogP contribution in [0.2, 0.25) is 5.02 Å². The first kappa shape index (κ1) is 20.0. The Labute approximate surface area is 157 Å². The molecule has 0 heterocycles. The van der Waals surface area contributed by atoms with E-state index in [1.165, 1.54) is 24.3 Å². The second-order valence-electron chi connectivity index (χ2n) is 5.20. The van der Waals surface area contributed by atoms with Gasteiger partial charge in [0.25, 0.3) is 5.91 Å². The fourth-order valence-electron chi connectivity index (χ4n) is 2.10. The molecule has 0 saturated heterocycles. The van der Waals surface area contributed by atoms with Gasteiger partial charge in [0.05, 0.1) is 11.6 Å². The number of hydrogen-bond acceptors (Lipinski definition) is 4. The number of anilines is 1. The number of hydrogen-bond donors (Lipinski definition) is 2. The van der Waals surface area contributed by atoms with Crippen molar-refractivity contribution >= 4 is 33.2 Å². The van der Waals surface area contributed by atoms with Crippen LogP contribution in [0.4, 0.5) is 5.69 Å². The fraction of sp³-hybridized carbons (Fsp3) is 0.167. The van der Waals surface area contributed by atoms with E-state index >= 15 is 0 Å². The summed E-state index contributed by atoms with van der Waals surface area (Å²) < 4.78 is 32.2. The second kappa shape index (κ2) is 8.84. The zero-order valence-electron chi connectivity index (χ0n) is 14.2. The van der Waals surface area contributed by atoms with Gasteiger partial charge in [-0.05, 0) is 49.4 Å². The Morgan fingerprint density at radius 3 is 2.54 bits per heavy atom. The summed E-state index contributed by atoms with van der Waals surface area (Å²) in [5.74, 6) is 0.240. The zero-order valence-corrected chi connectivity index (χ0v) is 15.7. The quantitative estimate of drug-likeness (QED) is 0.671. The Hall–Kier alpha value is -2.35. The maximum atomic E-state index is 12.4. The predicted octanol–water partition coefficient (Wildman–Crippen LogP) is 3.46. The molecular formula is C18H19ClN2O4S. The summed E-state index contributed by atoms with van der Waals surface area (Å²) in [6.07, 6.45) is 1.41. The molecular weight excluding hydrogens is 376 g/mol. The summed E-state index contributed by atoms with van der Waals surface area (Å²) in [5.41, 5.74) is 0.727. The van der Waals surface area contributed by atoms with E-state index in [-0.39, 0.29) is 22.0 Å². The summed E-state index contributed by atoms with van der Waals surface area (Å²) >= 11 is 5.98. The van der Waals surface area contributed by atoms with Gasteiger partial charge < -0.3 is 10.1 Å². The van der Waals surface area contributed by atoms with Crippen molar-refractivity contribution in [1.29, 1.82) is 0 Å². The Kier molecular flexibility index (Phi) is 6.79. The highest BCUT2D eigenvalue weighted by Crippen LogP contribution is 2.23. The van der Waals surface area contributed by atoms with Crippen LogP contribution >= 0.6 is 11.6 Å². The molecule has 138 valence electrons. The molecule has 0 aliphatic rings. The number of rotatable bonds is 8. The maximum absolute atomic E-state index is 12.4. The highest BCUT2D eigenvalue weighted by atomic mass is 35.5. The van der Waals surface area contributed by atoms with Gasteiger partial charge in [0, 0.05) is 17.8 Å². The van der Waals surface area contributed by atoms with E-state index in [1.807, 2.05) is 6.92 Å². The van der Waals surface area contributed by atoms with Gasteiger partial charge in [0.1, 0.15) is 10.6 Å². The average Bonchev–Trinajstić information content (AvgIpc) is 2.62. The number of benzene rings is 2. The third-order valence-corrected chi connectivity index (χ3v) is 5.23. The molecule has 6 nitrogen and oxygen atoms in total. The number of amides is 1. The van der Waals surface area contributed by atoms with E-state index < -0.39 is 15.9 Å². The second-order valence-corrected chi connectivity index (χ2v) is 7.34. The smallest absolute Gasteiger partial charge is 0.255 e. The Bertz CT molecular complexity index is 896. The number of halogens is 1. The van der Waals surface area contributed by atoms with Crippen LogP contribution in [0.5, 0.6) is 5.75 Å². The van der Waals surface area contributed by atoms with Gasteiger partial charge >= 0.3 is 0 Å². The highest BCUT2D eigenvalue weighted by molar-refractivity contribution is 7.89. The van der Waals surface area contributed by atoms with Crippen LogP contribution in [0, 0.1) is 0 Å². The molecule has 2 aromatic rings. The van der Waals surface area contributed by atoms with Crippen LogP contribution in [0.15, 0.2) is 60.0 Å². The molecule has 2 aromatic carbocycles. The number of nitrogens with one attached hydrogen (secondary N) is 2. The summed E-state index contributed by atoms with van der Waals surface area (Å²) in [6, 6.07) is 10.9. The Morgan fingerprint density at radius 2 is 1.92 bits per heavy atom. The van der Waals surface area contributed by atoms with Gasteiger partial charge in [0.15, 0.2) is 0 Å². The van der Waals surface area contributed by atoms with Crippen molar-refractivity contribution in [3.63, 3.8) is 0 Å². The molecule has 2 rings (SSSR count). The van der Waals surface area contributed by atoms with Crippen LogP contribution in [-0.4, -0.2) is 27.5 Å². The van der Waals surface area contributed by atoms with Gasteiger partial charge in [0.2, 0.25) is 10.0 Å². The topological polar surface area (TPSA) is 84.5 Å². The lowest BCUT2D eigenvalue weighted by Gasteiger charge is -2.10. The molecule has 26 heavy (non-hydrogen) atoms. The van der Waals surface area contributed by atoms with Crippen molar-refractivity contribution in [2.24, 2.45) is 0 Å². The van der Waals surface area contributed by atoms with E-state index in [0.29, 0.717) is 18.0 Å². The first-order valence-electron chi connectivity index (χ1n) is 7.81. The van der Waals surface area contributed by atoms with Gasteiger partial charge in [-0.15, -0.1) is 6.58 Å². The average molecular weight is 395 g/mol. The van der Waals surface area contributed by atoms with Crippen molar-refractivity contribution in [1.82, 2.24) is 4.72 Å². The minimum atomic E-state index is -3.84. The number of carbonyl (C=O) groups excluding carboxylic acids is 1. The molecule has 2 N–H and O–H groups in total. The standard InChI is InChI=1S/C18H19ClN2O4S/c1-3-11-20-26(23,24)17-12-13(5-10-16(17)19)18(22)21-14-6-8-15(9-7-14)25-4-2/h3,5-10,12,20H,1,4,11H2,2H3,(H,21,22). The van der Waals surface area contributed by atoms with Gasteiger partial charge in [-0.1, -0.05) is 17.7 Å². The van der Waals surface area contributed by atoms with Crippen LogP contribution < -0.4 is 14.8 Å². The van der Waals surface area contributed by atoms with Crippen molar-refractivity contribution in [2.75, 3.05) is 18.5 Å². The lowest BCUT2D eigenvalue weighted by Crippen LogP contribution is -2.24. The third-order valence-electron chi connectivity index (χ3n) is 3.32. The van der Waals surface area contributed by atoms with Crippen molar-refractivity contribution < 1.29 is 17.9 Å². The molecule has 0 saturated carbocycles. The Balaban J connectivity index is 2.21. The normalized spacial score (nSPS) is 11.0. The van der Waals surface area contributed by atoms with Crippen molar-refractivity contribution in [3.8, 4) is 5.75 Å². The molecule has 8 heteroatoms. The molecule has 1 amide bonds. The molecule has 0 spiro atoms. The van der Waals surface area contributed by atoms with E-state index in [2.05, 4.69) is 16.6 Å². The van der Waals surface area contributed by atoms with Crippen LogP contribution in [0.25, 0.3) is 0 Å². The summed E-state index contributed by atoms with van der Waals surface area (Å²) in [4.78, 5) is 12.2. The zero-order chi connectivity index (χ0) is 19.2. The lowest BCUT2D eigenvalue weighted by atomic mass is 10.2. The highest BCUT2D eigenvalue weighted by Gasteiger charge is 2.19. The number of carbonyl (C=O) groups is 1. The van der Waals surface area contributed by atoms with E-state index in [4.69, 9.17) is 16.3 Å². The van der Waals surface area contributed by atoms with E-state index in [1.54, 1.807) is 24.3 Å². The van der Waals surface area contributed by atoms with Crippen molar-refractivity contribution in [3.05, 3.63) is 65.7 Å². The lowest BCUT2D eigenvalue weighted by molar-refractivity contribution is 0.102. The summed E-state index contributed by atoms with van der Waals surface area (Å²) in [5, 5.41) is 2.73. The van der Waals surface area contributed by atoms with Gasteiger partial charge in [-0.3, -0.25) is 4.79 Å². The molecule has 0 radical (unpaired) electrons. The van der Waals surface area contributed by atoms with E-state index in [9.17, 15) is 13.2 Å². The molecule has 0 unspecified atom stereocenters. The fourth-order valence-corrected chi connectivity index (χ4v) is 3.62. The molecule has 0 aromatic heterocycles. The summed E-state index contributed by atoms with van der Waals surface area (Å²) in [7, 11) is -3.84. The van der Waals surface area contributed by atoms with Crippen LogP contribution in [0.3, 0.4) is 0 Å². The predicted molar refractivity (Wildman–Crippen MR) is 102 cm³/mol. The largest absolute Gasteiger partial charge is 0.494 e. The molecule has 0 aliphatic carbocycles. The minimum Gasteiger partial charge on any atom is -0.494 e. The molecule has 0 bridgehead atoms. The first-order chi connectivity index (χ1) is 12.4. The minimum absolute atomic E-state index is 0.0270. The maximum Gasteiger partial charge on any atom is 0.255 e. The van der Waals surface area contributed by atoms with E-state index in [0.717, 1.165) is 0 Å². The monoisotopic (exact) mass is 394 g/mol. The summed E-state index contributed by atoms with van der Waals surface area (Å²) in [6.45, 7) is 5.94. The van der Waals surface area contributed by atoms with Crippen molar-refractivity contribution in [2.45, 2.75) is 11.8 Å². The van der Waals surface area contributed by atoms with Gasteiger partial charge in [-0.2, -0.15) is 0 Å². The third kappa shape index (κ3) is 5.08. The van der Waals surface area contributed by atoms with Crippen LogP contribution in [-0.2, 0) is 10.0 Å². The van der Waals surface area contributed by atoms with Crippen LogP contribution in [0.1, 0.15) is 17.3 Å². The van der Waals surface area contributed by atoms with Gasteiger partial charge in [-0.25, -0.2) is 13.1 Å². The first-order valence-corrected chi connectivity index (χ1v) is 9.68. The number of ether oxygens (including phenoxy) is 1. The number of sulfonamides is 1. The SMILES string of the molecule is C=CCNS(=O)(=O)c1cc(C(=O)Nc2ccc(OCC)cc2)ccc1Cl. The molecule has 0 atom stereocenters. The molecule has 0 fully saturated rings. The Morgan fingerprint density at radius 1 is 1.23 bits per heavy atom.